The number of hydrogen-bond acceptors (Lipinski definition) is 2. The zero-order chi connectivity index (χ0) is 8.27. The molecule has 1 fully saturated rings. The highest BCUT2D eigenvalue weighted by Crippen LogP contribution is 2.09. The molecule has 0 aromatic rings. The summed E-state index contributed by atoms with van der Waals surface area (Å²) in [5, 5.41) is 0. The predicted molar refractivity (Wildman–Crippen MR) is 48.6 cm³/mol. The first-order valence-electron chi connectivity index (χ1n) is 3.96. The van der Waals surface area contributed by atoms with Crippen molar-refractivity contribution in [3.05, 3.63) is 11.1 Å². The van der Waals surface area contributed by atoms with Crippen LogP contribution in [0.2, 0.25) is 0 Å². The topological polar surface area (TPSA) is 29.3 Å². The summed E-state index contributed by atoms with van der Waals surface area (Å²) in [6, 6.07) is 0.373. The standard InChI is InChI=1S/C8H15ClN2/c1-7(4-9)5-11-3-2-8(10)6-11/h4,8H,2-3,5-6,10H2,1H3/t8-/m0/s1. The average Bonchev–Trinajstić information content (AvgIpc) is 2.35. The van der Waals surface area contributed by atoms with Gasteiger partial charge in [0.05, 0.1) is 0 Å². The van der Waals surface area contributed by atoms with Crippen LogP contribution < -0.4 is 5.73 Å². The van der Waals surface area contributed by atoms with Crippen LogP contribution in [0, 0.1) is 0 Å². The van der Waals surface area contributed by atoms with Gasteiger partial charge < -0.3 is 5.73 Å². The lowest BCUT2D eigenvalue weighted by molar-refractivity contribution is 0.363. The summed E-state index contributed by atoms with van der Waals surface area (Å²) >= 11 is 5.55. The quantitative estimate of drug-likeness (QED) is 0.681. The summed E-state index contributed by atoms with van der Waals surface area (Å²) in [5.74, 6) is 0. The van der Waals surface area contributed by atoms with Crippen LogP contribution in [0.1, 0.15) is 13.3 Å². The van der Waals surface area contributed by atoms with Crippen molar-refractivity contribution in [2.75, 3.05) is 19.6 Å². The molecule has 1 heterocycles. The first-order valence-corrected chi connectivity index (χ1v) is 4.40. The second-order valence-corrected chi connectivity index (χ2v) is 3.46. The smallest absolute Gasteiger partial charge is 0.0202 e. The minimum absolute atomic E-state index is 0.373. The van der Waals surface area contributed by atoms with Gasteiger partial charge >= 0.3 is 0 Å². The van der Waals surface area contributed by atoms with Crippen molar-refractivity contribution >= 4 is 11.6 Å². The Labute approximate surface area is 73.0 Å². The highest BCUT2D eigenvalue weighted by Gasteiger charge is 2.18. The molecule has 0 bridgehead atoms. The summed E-state index contributed by atoms with van der Waals surface area (Å²) in [4.78, 5) is 2.33. The first-order chi connectivity index (χ1) is 5.22. The molecule has 64 valence electrons. The first kappa shape index (κ1) is 9.04. The predicted octanol–water partition coefficient (Wildman–Crippen LogP) is 1.16. The van der Waals surface area contributed by atoms with Gasteiger partial charge in [0, 0.05) is 31.2 Å². The Morgan fingerprint density at radius 1 is 1.82 bits per heavy atom. The molecular formula is C8H15ClN2. The van der Waals surface area contributed by atoms with Gasteiger partial charge in [0.15, 0.2) is 0 Å². The summed E-state index contributed by atoms with van der Waals surface area (Å²) in [5.41, 5.74) is 8.60. The molecule has 0 aromatic heterocycles. The van der Waals surface area contributed by atoms with Crippen LogP contribution in [0.15, 0.2) is 11.1 Å². The van der Waals surface area contributed by atoms with Gasteiger partial charge in [0.2, 0.25) is 0 Å². The molecule has 0 aromatic carbocycles. The molecule has 0 saturated carbocycles. The Balaban J connectivity index is 2.28. The van der Waals surface area contributed by atoms with Crippen LogP contribution in [-0.4, -0.2) is 30.6 Å². The molecule has 0 aliphatic carbocycles. The van der Waals surface area contributed by atoms with Crippen molar-refractivity contribution in [1.29, 1.82) is 0 Å². The summed E-state index contributed by atoms with van der Waals surface area (Å²) < 4.78 is 0. The second kappa shape index (κ2) is 4.10. The van der Waals surface area contributed by atoms with Gasteiger partial charge in [-0.3, -0.25) is 4.90 Å². The van der Waals surface area contributed by atoms with Crippen LogP contribution in [0.3, 0.4) is 0 Å². The van der Waals surface area contributed by atoms with Gasteiger partial charge in [-0.05, 0) is 18.9 Å². The molecule has 0 unspecified atom stereocenters. The van der Waals surface area contributed by atoms with E-state index in [0.717, 1.165) is 26.1 Å². The SMILES string of the molecule is CC(=CCl)CN1CC[C@H](N)C1. The van der Waals surface area contributed by atoms with E-state index in [1.54, 1.807) is 5.54 Å². The number of nitrogens with zero attached hydrogens (tertiary/aromatic N) is 1. The van der Waals surface area contributed by atoms with Gasteiger partial charge in [-0.15, -0.1) is 0 Å². The van der Waals surface area contributed by atoms with Crippen LogP contribution >= 0.6 is 11.6 Å². The van der Waals surface area contributed by atoms with Crippen molar-refractivity contribution in [2.45, 2.75) is 19.4 Å². The largest absolute Gasteiger partial charge is 0.326 e. The highest BCUT2D eigenvalue weighted by atomic mass is 35.5. The zero-order valence-electron chi connectivity index (χ0n) is 6.89. The molecular weight excluding hydrogens is 160 g/mol. The maximum atomic E-state index is 5.75. The second-order valence-electron chi connectivity index (χ2n) is 3.24. The van der Waals surface area contributed by atoms with E-state index in [9.17, 15) is 0 Å². The summed E-state index contributed by atoms with van der Waals surface area (Å²) in [7, 11) is 0. The average molecular weight is 175 g/mol. The molecule has 0 radical (unpaired) electrons. The fourth-order valence-corrected chi connectivity index (χ4v) is 1.46. The van der Waals surface area contributed by atoms with E-state index in [1.807, 2.05) is 6.92 Å². The Morgan fingerprint density at radius 2 is 2.55 bits per heavy atom. The van der Waals surface area contributed by atoms with E-state index < -0.39 is 0 Å². The highest BCUT2D eigenvalue weighted by molar-refractivity contribution is 6.25. The lowest BCUT2D eigenvalue weighted by Crippen LogP contribution is -2.27. The Bertz CT molecular complexity index is 156. The normalized spacial score (nSPS) is 27.9. The minimum atomic E-state index is 0.373. The number of halogens is 1. The maximum Gasteiger partial charge on any atom is 0.0202 e. The number of nitrogens with two attached hydrogens (primary N) is 1. The van der Waals surface area contributed by atoms with Gasteiger partial charge in [0.25, 0.3) is 0 Å². The van der Waals surface area contributed by atoms with Gasteiger partial charge in [-0.2, -0.15) is 0 Å². The zero-order valence-corrected chi connectivity index (χ0v) is 7.64. The molecule has 1 saturated heterocycles. The van der Waals surface area contributed by atoms with E-state index in [0.29, 0.717) is 6.04 Å². The van der Waals surface area contributed by atoms with E-state index in [1.165, 1.54) is 5.57 Å². The molecule has 2 N–H and O–H groups in total. The number of hydrogen-bond donors (Lipinski definition) is 1. The third-order valence-corrected chi connectivity index (χ3v) is 2.34. The molecule has 1 rings (SSSR count). The van der Waals surface area contributed by atoms with Crippen LogP contribution in [0.25, 0.3) is 0 Å². The Kier molecular flexibility index (Phi) is 3.37. The van der Waals surface area contributed by atoms with Crippen molar-refractivity contribution < 1.29 is 0 Å². The van der Waals surface area contributed by atoms with E-state index in [-0.39, 0.29) is 0 Å². The Hall–Kier alpha value is -0.0500. The molecule has 1 aliphatic heterocycles. The summed E-state index contributed by atoms with van der Waals surface area (Å²) in [6.45, 7) is 5.14. The molecule has 0 amide bonds. The van der Waals surface area contributed by atoms with Gasteiger partial charge in [-0.1, -0.05) is 11.6 Å². The van der Waals surface area contributed by atoms with E-state index in [2.05, 4.69) is 4.90 Å². The summed E-state index contributed by atoms with van der Waals surface area (Å²) in [6.07, 6.45) is 1.12. The Morgan fingerprint density at radius 3 is 3.00 bits per heavy atom. The van der Waals surface area contributed by atoms with Gasteiger partial charge in [-0.25, -0.2) is 0 Å². The molecule has 3 heteroatoms. The van der Waals surface area contributed by atoms with Crippen LogP contribution in [-0.2, 0) is 0 Å². The van der Waals surface area contributed by atoms with Crippen molar-refractivity contribution in [3.63, 3.8) is 0 Å². The van der Waals surface area contributed by atoms with E-state index in [4.69, 9.17) is 17.3 Å². The lowest BCUT2D eigenvalue weighted by Gasteiger charge is -2.14. The van der Waals surface area contributed by atoms with Crippen LogP contribution in [0.5, 0.6) is 0 Å². The minimum Gasteiger partial charge on any atom is -0.326 e. The third kappa shape index (κ3) is 2.81. The monoisotopic (exact) mass is 174 g/mol. The van der Waals surface area contributed by atoms with Crippen LogP contribution in [0.4, 0.5) is 0 Å². The van der Waals surface area contributed by atoms with Crippen molar-refractivity contribution in [2.24, 2.45) is 5.73 Å². The van der Waals surface area contributed by atoms with E-state index >= 15 is 0 Å². The molecule has 11 heavy (non-hydrogen) atoms. The fraction of sp³-hybridized carbons (Fsp3) is 0.750. The number of rotatable bonds is 2. The fourth-order valence-electron chi connectivity index (χ4n) is 1.39. The molecule has 1 aliphatic rings. The maximum absolute atomic E-state index is 5.75. The molecule has 0 spiro atoms. The lowest BCUT2D eigenvalue weighted by atomic mass is 10.3. The molecule has 2 nitrogen and oxygen atoms in total. The van der Waals surface area contributed by atoms with Gasteiger partial charge in [0.1, 0.15) is 0 Å². The van der Waals surface area contributed by atoms with Crippen molar-refractivity contribution in [1.82, 2.24) is 4.90 Å². The third-order valence-electron chi connectivity index (χ3n) is 1.97. The number of likely N-dealkylation sites (tertiary alicyclic amines) is 1. The molecule has 1 atom stereocenters. The van der Waals surface area contributed by atoms with Crippen molar-refractivity contribution in [3.8, 4) is 0 Å².